The number of rotatable bonds is 5. The molecule has 0 saturated carbocycles. The van der Waals surface area contributed by atoms with E-state index >= 15 is 0 Å². The van der Waals surface area contributed by atoms with Gasteiger partial charge in [-0.25, -0.2) is 0 Å². The van der Waals surface area contributed by atoms with E-state index < -0.39 is 0 Å². The van der Waals surface area contributed by atoms with Gasteiger partial charge in [0.2, 0.25) is 0 Å². The number of Topliss-reactive ketones (excluding diaryl/α,β-unsaturated/α-hetero) is 1. The zero-order valence-electron chi connectivity index (χ0n) is 10.8. The van der Waals surface area contributed by atoms with E-state index in [9.17, 15) is 4.79 Å². The molecule has 1 aromatic rings. The van der Waals surface area contributed by atoms with Crippen molar-refractivity contribution in [1.82, 2.24) is 5.32 Å². The van der Waals surface area contributed by atoms with Gasteiger partial charge in [0.1, 0.15) is 0 Å². The molecule has 1 aliphatic heterocycles. The largest absolute Gasteiger partial charge is 0.309 e. The predicted molar refractivity (Wildman–Crippen MR) is 70.0 cm³/mol. The summed E-state index contributed by atoms with van der Waals surface area (Å²) in [5.41, 5.74) is 3.51. The Bertz CT molecular complexity index is 411. The maximum absolute atomic E-state index is 12.1. The van der Waals surface area contributed by atoms with Crippen LogP contribution in [0.1, 0.15) is 54.6 Å². The first kappa shape index (κ1) is 12.3. The van der Waals surface area contributed by atoms with Crippen LogP contribution in [0.15, 0.2) is 18.2 Å². The molecule has 0 aromatic heterocycles. The molecule has 92 valence electrons. The van der Waals surface area contributed by atoms with Crippen molar-refractivity contribution in [2.24, 2.45) is 5.92 Å². The fourth-order valence-corrected chi connectivity index (χ4v) is 2.50. The number of hydrogen-bond donors (Lipinski definition) is 1. The SMILES string of the molecule is CCCC(C)CC(=O)c1ccc2c(c1)CNC2. The smallest absolute Gasteiger partial charge is 0.163 e. The van der Waals surface area contributed by atoms with Crippen LogP contribution in [0.5, 0.6) is 0 Å². The minimum absolute atomic E-state index is 0.292. The molecule has 2 rings (SSSR count). The van der Waals surface area contributed by atoms with Crippen molar-refractivity contribution >= 4 is 5.78 Å². The molecule has 0 saturated heterocycles. The maximum Gasteiger partial charge on any atom is 0.163 e. The summed E-state index contributed by atoms with van der Waals surface area (Å²) in [5.74, 6) is 0.791. The highest BCUT2D eigenvalue weighted by Crippen LogP contribution is 2.20. The van der Waals surface area contributed by atoms with Crippen LogP contribution in [0, 0.1) is 5.92 Å². The number of ketones is 1. The summed E-state index contributed by atoms with van der Waals surface area (Å²) in [5, 5.41) is 3.30. The van der Waals surface area contributed by atoms with Gasteiger partial charge in [-0.15, -0.1) is 0 Å². The highest BCUT2D eigenvalue weighted by Gasteiger charge is 2.15. The molecule has 1 aliphatic rings. The van der Waals surface area contributed by atoms with Gasteiger partial charge in [0, 0.05) is 25.1 Å². The van der Waals surface area contributed by atoms with Crippen molar-refractivity contribution in [3.63, 3.8) is 0 Å². The van der Waals surface area contributed by atoms with E-state index in [0.717, 1.165) is 31.5 Å². The Hall–Kier alpha value is -1.15. The normalized spacial score (nSPS) is 15.6. The Morgan fingerprint density at radius 3 is 2.88 bits per heavy atom. The summed E-state index contributed by atoms with van der Waals surface area (Å²) in [7, 11) is 0. The van der Waals surface area contributed by atoms with Crippen LogP contribution >= 0.6 is 0 Å². The Balaban J connectivity index is 2.04. The molecule has 2 heteroatoms. The fraction of sp³-hybridized carbons (Fsp3) is 0.533. The second-order valence-electron chi connectivity index (χ2n) is 5.11. The molecule has 0 amide bonds. The highest BCUT2D eigenvalue weighted by atomic mass is 16.1. The van der Waals surface area contributed by atoms with Gasteiger partial charge in [-0.2, -0.15) is 0 Å². The minimum atomic E-state index is 0.292. The summed E-state index contributed by atoms with van der Waals surface area (Å²) in [4.78, 5) is 12.1. The third-order valence-corrected chi connectivity index (χ3v) is 3.47. The lowest BCUT2D eigenvalue weighted by atomic mass is 9.95. The number of hydrogen-bond acceptors (Lipinski definition) is 2. The average Bonchev–Trinajstić information content (AvgIpc) is 2.75. The van der Waals surface area contributed by atoms with Crippen LogP contribution in [0.25, 0.3) is 0 Å². The minimum Gasteiger partial charge on any atom is -0.309 e. The highest BCUT2D eigenvalue weighted by molar-refractivity contribution is 5.96. The molecule has 1 N–H and O–H groups in total. The quantitative estimate of drug-likeness (QED) is 0.788. The third kappa shape index (κ3) is 2.95. The Labute approximate surface area is 103 Å². The lowest BCUT2D eigenvalue weighted by molar-refractivity contribution is 0.0962. The second-order valence-corrected chi connectivity index (χ2v) is 5.11. The summed E-state index contributed by atoms with van der Waals surface area (Å²) < 4.78 is 0. The van der Waals surface area contributed by atoms with E-state index in [4.69, 9.17) is 0 Å². The summed E-state index contributed by atoms with van der Waals surface area (Å²) >= 11 is 0. The van der Waals surface area contributed by atoms with Gasteiger partial charge in [0.05, 0.1) is 0 Å². The monoisotopic (exact) mass is 231 g/mol. The van der Waals surface area contributed by atoms with E-state index in [0.29, 0.717) is 18.1 Å². The van der Waals surface area contributed by atoms with Crippen molar-refractivity contribution in [3.8, 4) is 0 Å². The van der Waals surface area contributed by atoms with E-state index in [1.54, 1.807) is 0 Å². The number of benzene rings is 1. The van der Waals surface area contributed by atoms with E-state index in [1.165, 1.54) is 11.1 Å². The molecule has 0 radical (unpaired) electrons. The molecule has 0 fully saturated rings. The molecule has 17 heavy (non-hydrogen) atoms. The Morgan fingerprint density at radius 2 is 2.12 bits per heavy atom. The second kappa shape index (κ2) is 5.46. The predicted octanol–water partition coefficient (Wildman–Crippen LogP) is 3.30. The Kier molecular flexibility index (Phi) is 3.95. The van der Waals surface area contributed by atoms with Gasteiger partial charge in [0.15, 0.2) is 5.78 Å². The number of fused-ring (bicyclic) bond motifs is 1. The van der Waals surface area contributed by atoms with Crippen LogP contribution in [-0.2, 0) is 13.1 Å². The molecule has 1 atom stereocenters. The maximum atomic E-state index is 12.1. The first-order valence-electron chi connectivity index (χ1n) is 6.56. The molecule has 0 spiro atoms. The Morgan fingerprint density at radius 1 is 1.35 bits per heavy atom. The van der Waals surface area contributed by atoms with Gasteiger partial charge in [-0.05, 0) is 23.1 Å². The van der Waals surface area contributed by atoms with Gasteiger partial charge in [0.25, 0.3) is 0 Å². The molecule has 2 nitrogen and oxygen atoms in total. The first-order chi connectivity index (χ1) is 8.20. The van der Waals surface area contributed by atoms with Crippen LogP contribution in [0.4, 0.5) is 0 Å². The van der Waals surface area contributed by atoms with Crippen LogP contribution in [-0.4, -0.2) is 5.78 Å². The topological polar surface area (TPSA) is 29.1 Å². The molecule has 1 aromatic carbocycles. The molecule has 1 unspecified atom stereocenters. The van der Waals surface area contributed by atoms with Gasteiger partial charge >= 0.3 is 0 Å². The van der Waals surface area contributed by atoms with Crippen molar-refractivity contribution in [2.75, 3.05) is 0 Å². The zero-order valence-corrected chi connectivity index (χ0v) is 10.8. The number of carbonyl (C=O) groups is 1. The number of carbonyl (C=O) groups excluding carboxylic acids is 1. The third-order valence-electron chi connectivity index (χ3n) is 3.47. The lowest BCUT2D eigenvalue weighted by Gasteiger charge is -2.09. The van der Waals surface area contributed by atoms with E-state index in [-0.39, 0.29) is 0 Å². The molecule has 0 aliphatic carbocycles. The van der Waals surface area contributed by atoms with Gasteiger partial charge in [-0.3, -0.25) is 4.79 Å². The summed E-state index contributed by atoms with van der Waals surface area (Å²) in [6, 6.07) is 6.14. The van der Waals surface area contributed by atoms with Crippen molar-refractivity contribution < 1.29 is 4.79 Å². The lowest BCUT2D eigenvalue weighted by Crippen LogP contribution is -2.06. The molecular weight excluding hydrogens is 210 g/mol. The average molecular weight is 231 g/mol. The molecule has 1 heterocycles. The van der Waals surface area contributed by atoms with Crippen molar-refractivity contribution in [1.29, 1.82) is 0 Å². The van der Waals surface area contributed by atoms with Crippen LogP contribution < -0.4 is 5.32 Å². The number of nitrogens with one attached hydrogen (secondary N) is 1. The summed E-state index contributed by atoms with van der Waals surface area (Å²) in [6.45, 7) is 6.18. The van der Waals surface area contributed by atoms with Crippen LogP contribution in [0.3, 0.4) is 0 Å². The molecule has 0 bridgehead atoms. The zero-order chi connectivity index (χ0) is 12.3. The van der Waals surface area contributed by atoms with Gasteiger partial charge in [-0.1, -0.05) is 38.8 Å². The summed E-state index contributed by atoms with van der Waals surface area (Å²) in [6.07, 6.45) is 2.97. The van der Waals surface area contributed by atoms with Crippen molar-refractivity contribution in [2.45, 2.75) is 46.2 Å². The van der Waals surface area contributed by atoms with Crippen LogP contribution in [0.2, 0.25) is 0 Å². The molecular formula is C15H21NO. The van der Waals surface area contributed by atoms with Crippen molar-refractivity contribution in [3.05, 3.63) is 34.9 Å². The standard InChI is InChI=1S/C15H21NO/c1-3-4-11(2)7-15(17)12-5-6-13-9-16-10-14(13)8-12/h5-6,8,11,16H,3-4,7,9-10H2,1-2H3. The van der Waals surface area contributed by atoms with E-state index in [1.807, 2.05) is 6.07 Å². The fourth-order valence-electron chi connectivity index (χ4n) is 2.50. The first-order valence-corrected chi connectivity index (χ1v) is 6.56. The van der Waals surface area contributed by atoms with Gasteiger partial charge < -0.3 is 5.32 Å². The van der Waals surface area contributed by atoms with E-state index in [2.05, 4.69) is 31.3 Å².